The second-order valence-corrected chi connectivity index (χ2v) is 4.10. The van der Waals surface area contributed by atoms with Gasteiger partial charge in [-0.15, -0.1) is 0 Å². The Labute approximate surface area is 87.4 Å². The maximum absolute atomic E-state index is 5.96. The van der Waals surface area contributed by atoms with Crippen molar-refractivity contribution in [2.75, 3.05) is 6.61 Å². The van der Waals surface area contributed by atoms with Crippen LogP contribution in [-0.4, -0.2) is 30.8 Å². The first-order valence-electron chi connectivity index (χ1n) is 5.86. The summed E-state index contributed by atoms with van der Waals surface area (Å²) in [5.41, 5.74) is 5.96. The van der Waals surface area contributed by atoms with Crippen LogP contribution in [0.2, 0.25) is 0 Å². The van der Waals surface area contributed by atoms with E-state index in [9.17, 15) is 0 Å². The van der Waals surface area contributed by atoms with Crippen LogP contribution in [0.5, 0.6) is 0 Å². The lowest BCUT2D eigenvalue weighted by atomic mass is 9.82. The molecule has 0 aromatic rings. The fourth-order valence-corrected chi connectivity index (χ4v) is 2.05. The summed E-state index contributed by atoms with van der Waals surface area (Å²) < 4.78 is 5.61. The van der Waals surface area contributed by atoms with Crippen molar-refractivity contribution < 1.29 is 4.74 Å². The molecule has 1 rings (SSSR count). The second-order valence-electron chi connectivity index (χ2n) is 4.10. The van der Waals surface area contributed by atoms with Crippen molar-refractivity contribution in [2.24, 2.45) is 5.73 Å². The normalized spacial score (nSPS) is 31.9. The highest BCUT2D eigenvalue weighted by atomic mass is 16.5. The van der Waals surface area contributed by atoms with Crippen molar-refractivity contribution in [3.05, 3.63) is 0 Å². The van der Waals surface area contributed by atoms with Gasteiger partial charge in [-0.05, 0) is 26.2 Å². The first kappa shape index (κ1) is 12.0. The summed E-state index contributed by atoms with van der Waals surface area (Å²) in [5.74, 6) is 0. The zero-order chi connectivity index (χ0) is 10.6. The fourth-order valence-electron chi connectivity index (χ4n) is 2.05. The van der Waals surface area contributed by atoms with E-state index in [4.69, 9.17) is 10.5 Å². The lowest BCUT2D eigenvalue weighted by Crippen LogP contribution is -2.65. The van der Waals surface area contributed by atoms with Gasteiger partial charge < -0.3 is 15.8 Å². The molecule has 14 heavy (non-hydrogen) atoms. The van der Waals surface area contributed by atoms with E-state index in [0.717, 1.165) is 13.0 Å². The van der Waals surface area contributed by atoms with E-state index in [1.165, 1.54) is 12.8 Å². The van der Waals surface area contributed by atoms with E-state index in [1.807, 2.05) is 6.92 Å². The highest BCUT2D eigenvalue weighted by Gasteiger charge is 2.39. The summed E-state index contributed by atoms with van der Waals surface area (Å²) in [6, 6.07) is 1.25. The van der Waals surface area contributed by atoms with Gasteiger partial charge in [-0.25, -0.2) is 0 Å². The van der Waals surface area contributed by atoms with Gasteiger partial charge in [0.15, 0.2) is 0 Å². The number of nitrogens with two attached hydrogens (primary N) is 1. The van der Waals surface area contributed by atoms with Gasteiger partial charge in [0, 0.05) is 24.7 Å². The Bertz CT molecular complexity index is 157. The number of hydrogen-bond donors (Lipinski definition) is 2. The lowest BCUT2D eigenvalue weighted by Gasteiger charge is -2.44. The molecule has 0 aliphatic heterocycles. The summed E-state index contributed by atoms with van der Waals surface area (Å²) in [4.78, 5) is 0. The molecule has 3 atom stereocenters. The van der Waals surface area contributed by atoms with Crippen LogP contribution in [0.3, 0.4) is 0 Å². The lowest BCUT2D eigenvalue weighted by molar-refractivity contribution is -0.0360. The average molecular weight is 200 g/mol. The standard InChI is InChI=1S/C11H24N2O/c1-4-8(5-2)13-11-9(12)7-10(11)14-6-3/h8-11,13H,4-7,12H2,1-3H3. The molecule has 0 amide bonds. The molecule has 3 N–H and O–H groups in total. The largest absolute Gasteiger partial charge is 0.377 e. The maximum atomic E-state index is 5.96. The highest BCUT2D eigenvalue weighted by Crippen LogP contribution is 2.23. The van der Waals surface area contributed by atoms with E-state index in [0.29, 0.717) is 18.2 Å². The van der Waals surface area contributed by atoms with Crippen LogP contribution >= 0.6 is 0 Å². The highest BCUT2D eigenvalue weighted by molar-refractivity contribution is 5.00. The van der Waals surface area contributed by atoms with Crippen molar-refractivity contribution in [3.63, 3.8) is 0 Å². The Morgan fingerprint density at radius 3 is 2.43 bits per heavy atom. The van der Waals surface area contributed by atoms with Crippen molar-refractivity contribution in [2.45, 2.75) is 64.3 Å². The molecule has 0 aromatic heterocycles. The minimum atomic E-state index is 0.284. The van der Waals surface area contributed by atoms with Crippen LogP contribution in [0, 0.1) is 0 Å². The third-order valence-corrected chi connectivity index (χ3v) is 3.16. The van der Waals surface area contributed by atoms with Gasteiger partial charge >= 0.3 is 0 Å². The minimum Gasteiger partial charge on any atom is -0.377 e. The fraction of sp³-hybridized carbons (Fsp3) is 1.00. The number of ether oxygens (including phenoxy) is 1. The Kier molecular flexibility index (Phi) is 4.85. The van der Waals surface area contributed by atoms with Crippen LogP contribution in [0.15, 0.2) is 0 Å². The molecule has 1 saturated carbocycles. The second kappa shape index (κ2) is 5.69. The summed E-state index contributed by atoms with van der Waals surface area (Å²) in [6.07, 6.45) is 3.68. The topological polar surface area (TPSA) is 47.3 Å². The van der Waals surface area contributed by atoms with Crippen molar-refractivity contribution in [3.8, 4) is 0 Å². The Balaban J connectivity index is 2.33. The first-order chi connectivity index (χ1) is 6.72. The van der Waals surface area contributed by atoms with Gasteiger partial charge in [-0.3, -0.25) is 0 Å². The van der Waals surface area contributed by atoms with Crippen LogP contribution in [-0.2, 0) is 4.74 Å². The molecular weight excluding hydrogens is 176 g/mol. The summed E-state index contributed by atoms with van der Waals surface area (Å²) >= 11 is 0. The van der Waals surface area contributed by atoms with E-state index >= 15 is 0 Å². The van der Waals surface area contributed by atoms with Crippen LogP contribution in [0.4, 0.5) is 0 Å². The molecule has 84 valence electrons. The molecule has 0 aromatic carbocycles. The van der Waals surface area contributed by atoms with Crippen LogP contribution in [0.25, 0.3) is 0 Å². The van der Waals surface area contributed by atoms with Crippen LogP contribution in [0.1, 0.15) is 40.0 Å². The monoisotopic (exact) mass is 200 g/mol. The first-order valence-corrected chi connectivity index (χ1v) is 5.86. The average Bonchev–Trinajstić information content (AvgIpc) is 2.19. The Morgan fingerprint density at radius 2 is 2.00 bits per heavy atom. The van der Waals surface area contributed by atoms with E-state index < -0.39 is 0 Å². The van der Waals surface area contributed by atoms with Gasteiger partial charge in [0.2, 0.25) is 0 Å². The summed E-state index contributed by atoms with van der Waals surface area (Å²) in [7, 11) is 0. The van der Waals surface area contributed by atoms with Gasteiger partial charge in [0.1, 0.15) is 0 Å². The van der Waals surface area contributed by atoms with E-state index in [2.05, 4.69) is 19.2 Å². The predicted octanol–water partition coefficient (Wildman–Crippen LogP) is 1.27. The number of nitrogens with one attached hydrogen (secondary N) is 1. The smallest absolute Gasteiger partial charge is 0.0758 e. The third-order valence-electron chi connectivity index (χ3n) is 3.16. The molecule has 0 spiro atoms. The Hall–Kier alpha value is -0.120. The quantitative estimate of drug-likeness (QED) is 0.679. The zero-order valence-corrected chi connectivity index (χ0v) is 9.62. The molecule has 3 nitrogen and oxygen atoms in total. The van der Waals surface area contributed by atoms with E-state index in [1.54, 1.807) is 0 Å². The molecule has 0 heterocycles. The van der Waals surface area contributed by atoms with Crippen molar-refractivity contribution >= 4 is 0 Å². The molecule has 0 saturated heterocycles. The molecular formula is C11H24N2O. The molecule has 0 bridgehead atoms. The number of rotatable bonds is 6. The zero-order valence-electron chi connectivity index (χ0n) is 9.62. The van der Waals surface area contributed by atoms with Crippen molar-refractivity contribution in [1.29, 1.82) is 0 Å². The summed E-state index contributed by atoms with van der Waals surface area (Å²) in [5, 5.41) is 3.59. The maximum Gasteiger partial charge on any atom is 0.0758 e. The molecule has 1 aliphatic rings. The van der Waals surface area contributed by atoms with Gasteiger partial charge in [-0.1, -0.05) is 13.8 Å². The SMILES string of the molecule is CCOC1CC(N)C1NC(CC)CC. The van der Waals surface area contributed by atoms with Gasteiger partial charge in [0.05, 0.1) is 6.10 Å². The molecule has 1 fully saturated rings. The third kappa shape index (κ3) is 2.69. The number of hydrogen-bond acceptors (Lipinski definition) is 3. The Morgan fingerprint density at radius 1 is 1.36 bits per heavy atom. The minimum absolute atomic E-state index is 0.284. The molecule has 3 unspecified atom stereocenters. The van der Waals surface area contributed by atoms with Crippen molar-refractivity contribution in [1.82, 2.24) is 5.32 Å². The van der Waals surface area contributed by atoms with Gasteiger partial charge in [-0.2, -0.15) is 0 Å². The van der Waals surface area contributed by atoms with Crippen LogP contribution < -0.4 is 11.1 Å². The molecule has 1 aliphatic carbocycles. The molecule has 3 heteroatoms. The molecule has 0 radical (unpaired) electrons. The van der Waals surface area contributed by atoms with Gasteiger partial charge in [0.25, 0.3) is 0 Å². The van der Waals surface area contributed by atoms with E-state index in [-0.39, 0.29) is 6.04 Å². The summed E-state index contributed by atoms with van der Waals surface area (Å²) in [6.45, 7) is 7.25. The predicted molar refractivity (Wildman–Crippen MR) is 59.3 cm³/mol.